The fourth-order valence-corrected chi connectivity index (χ4v) is 3.23. The molecule has 0 saturated carbocycles. The molecule has 1 N–H and O–H groups in total. The first-order valence-corrected chi connectivity index (χ1v) is 9.04. The summed E-state index contributed by atoms with van der Waals surface area (Å²) in [5.74, 6) is -0.612. The van der Waals surface area contributed by atoms with Gasteiger partial charge in [0.25, 0.3) is 0 Å². The number of fused-ring (bicyclic) bond motifs is 1. The molecule has 0 amide bonds. The number of imidazole rings is 1. The van der Waals surface area contributed by atoms with Gasteiger partial charge in [0, 0.05) is 6.54 Å². The van der Waals surface area contributed by atoms with Crippen molar-refractivity contribution in [3.8, 4) is 17.3 Å². The van der Waals surface area contributed by atoms with E-state index in [9.17, 15) is 14.3 Å². The van der Waals surface area contributed by atoms with Crippen LogP contribution in [0.5, 0.6) is 5.75 Å². The highest BCUT2D eigenvalue weighted by Crippen LogP contribution is 2.27. The second kappa shape index (κ2) is 7.71. The number of methoxy groups -OCH3 is 1. The Morgan fingerprint density at radius 3 is 2.69 bits per heavy atom. The predicted molar refractivity (Wildman–Crippen MR) is 106 cm³/mol. The molecule has 0 fully saturated rings. The third-order valence-electron chi connectivity index (χ3n) is 4.71. The number of hydrogen-bond donors (Lipinski definition) is 1. The number of para-hydroxylation sites is 2. The Kier molecular flexibility index (Phi) is 4.95. The normalized spacial score (nSPS) is 11.0. The Morgan fingerprint density at radius 1 is 1.17 bits per heavy atom. The molecule has 4 rings (SSSR count). The van der Waals surface area contributed by atoms with Gasteiger partial charge in [-0.05, 0) is 42.3 Å². The van der Waals surface area contributed by atoms with E-state index in [0.717, 1.165) is 16.6 Å². The molecule has 2 aromatic carbocycles. The van der Waals surface area contributed by atoms with E-state index in [1.807, 2.05) is 28.8 Å². The Hall–Kier alpha value is -3.74. The van der Waals surface area contributed by atoms with Crippen molar-refractivity contribution in [2.75, 3.05) is 7.11 Å². The second-order valence-corrected chi connectivity index (χ2v) is 6.53. The van der Waals surface area contributed by atoms with E-state index < -0.39 is 5.97 Å². The van der Waals surface area contributed by atoms with Crippen molar-refractivity contribution in [3.63, 3.8) is 0 Å². The molecule has 0 aliphatic heterocycles. The van der Waals surface area contributed by atoms with Gasteiger partial charge in [-0.15, -0.1) is 0 Å². The number of pyridine rings is 1. The van der Waals surface area contributed by atoms with Crippen LogP contribution in [-0.4, -0.2) is 32.7 Å². The summed E-state index contributed by atoms with van der Waals surface area (Å²) in [4.78, 5) is 20.9. The lowest BCUT2D eigenvalue weighted by atomic mass is 10.1. The molecule has 0 aliphatic carbocycles. The van der Waals surface area contributed by atoms with Crippen LogP contribution in [0, 0.1) is 5.82 Å². The zero-order valence-electron chi connectivity index (χ0n) is 15.7. The lowest BCUT2D eigenvalue weighted by Crippen LogP contribution is -2.06. The summed E-state index contributed by atoms with van der Waals surface area (Å²) in [5, 5.41) is 9.95. The third-order valence-corrected chi connectivity index (χ3v) is 4.71. The summed E-state index contributed by atoms with van der Waals surface area (Å²) in [7, 11) is 1.25. The monoisotopic (exact) mass is 391 g/mol. The van der Waals surface area contributed by atoms with Crippen molar-refractivity contribution < 1.29 is 19.0 Å². The first-order chi connectivity index (χ1) is 14.1. The predicted octanol–water partition coefficient (Wildman–Crippen LogP) is 3.97. The number of carbonyl (C=O) groups is 1. The molecule has 0 saturated heterocycles. The maximum atomic E-state index is 13.2. The number of halogens is 1. The Balaban J connectivity index is 1.77. The van der Waals surface area contributed by atoms with Crippen LogP contribution in [0.1, 0.15) is 15.9 Å². The van der Waals surface area contributed by atoms with E-state index in [1.165, 1.54) is 31.5 Å². The Morgan fingerprint density at radius 2 is 1.93 bits per heavy atom. The van der Waals surface area contributed by atoms with Gasteiger partial charge in [-0.2, -0.15) is 0 Å². The molecular formula is C22H18FN3O3. The Bertz CT molecular complexity index is 1190. The van der Waals surface area contributed by atoms with Gasteiger partial charge in [-0.3, -0.25) is 0 Å². The van der Waals surface area contributed by atoms with Crippen LogP contribution in [0.2, 0.25) is 0 Å². The summed E-state index contributed by atoms with van der Waals surface area (Å²) >= 11 is 0. The number of aromatic hydroxyl groups is 1. The molecule has 146 valence electrons. The molecule has 29 heavy (non-hydrogen) atoms. The number of aromatic nitrogens is 3. The minimum atomic E-state index is -0.653. The molecule has 2 heterocycles. The van der Waals surface area contributed by atoms with Gasteiger partial charge < -0.3 is 14.4 Å². The van der Waals surface area contributed by atoms with E-state index in [1.54, 1.807) is 12.1 Å². The van der Waals surface area contributed by atoms with Crippen molar-refractivity contribution in [1.29, 1.82) is 0 Å². The fourth-order valence-electron chi connectivity index (χ4n) is 3.23. The van der Waals surface area contributed by atoms with Gasteiger partial charge in [0.2, 0.25) is 0 Å². The van der Waals surface area contributed by atoms with Crippen LogP contribution in [0.4, 0.5) is 4.39 Å². The van der Waals surface area contributed by atoms with Crippen LogP contribution in [0.3, 0.4) is 0 Å². The summed E-state index contributed by atoms with van der Waals surface area (Å²) < 4.78 is 19.9. The zero-order valence-corrected chi connectivity index (χ0v) is 15.7. The van der Waals surface area contributed by atoms with Crippen molar-refractivity contribution >= 4 is 17.0 Å². The van der Waals surface area contributed by atoms with Gasteiger partial charge in [0.05, 0.1) is 24.3 Å². The lowest BCUT2D eigenvalue weighted by Gasteiger charge is -2.10. The van der Waals surface area contributed by atoms with Crippen LogP contribution in [0.15, 0.2) is 60.8 Å². The maximum Gasteiger partial charge on any atom is 0.341 e. The molecular weight excluding hydrogens is 373 g/mol. The smallest absolute Gasteiger partial charge is 0.341 e. The summed E-state index contributed by atoms with van der Waals surface area (Å²) in [6.45, 7) is 0.581. The highest BCUT2D eigenvalue weighted by atomic mass is 19.1. The lowest BCUT2D eigenvalue weighted by molar-refractivity contribution is 0.0597. The third kappa shape index (κ3) is 3.67. The van der Waals surface area contributed by atoms with Gasteiger partial charge >= 0.3 is 5.97 Å². The molecule has 6 nitrogen and oxygen atoms in total. The highest BCUT2D eigenvalue weighted by molar-refractivity contribution is 5.93. The number of nitrogens with zero attached hydrogens (tertiary/aromatic N) is 3. The van der Waals surface area contributed by atoms with E-state index >= 15 is 0 Å². The Labute approximate surface area is 166 Å². The van der Waals surface area contributed by atoms with Crippen molar-refractivity contribution in [2.45, 2.75) is 13.0 Å². The molecule has 7 heteroatoms. The average molecular weight is 391 g/mol. The molecule has 0 aliphatic rings. The minimum Gasteiger partial charge on any atom is -0.505 e. The van der Waals surface area contributed by atoms with Gasteiger partial charge in [-0.1, -0.05) is 24.3 Å². The fraction of sp³-hybridized carbons (Fsp3) is 0.136. The topological polar surface area (TPSA) is 77.2 Å². The summed E-state index contributed by atoms with van der Waals surface area (Å²) in [6.07, 6.45) is 1.88. The summed E-state index contributed by atoms with van der Waals surface area (Å²) in [6, 6.07) is 15.5. The van der Waals surface area contributed by atoms with Crippen molar-refractivity contribution in [3.05, 3.63) is 77.7 Å². The summed E-state index contributed by atoms with van der Waals surface area (Å²) in [5.41, 5.74) is 3.16. The molecule has 0 radical (unpaired) electrons. The van der Waals surface area contributed by atoms with Crippen LogP contribution in [0.25, 0.3) is 22.6 Å². The maximum absolute atomic E-state index is 13.2. The number of carbonyl (C=O) groups excluding carboxylic acids is 1. The second-order valence-electron chi connectivity index (χ2n) is 6.53. The van der Waals surface area contributed by atoms with E-state index in [4.69, 9.17) is 4.74 Å². The largest absolute Gasteiger partial charge is 0.505 e. The van der Waals surface area contributed by atoms with Crippen molar-refractivity contribution in [1.82, 2.24) is 14.5 Å². The molecule has 2 aromatic heterocycles. The number of aryl methyl sites for hydroxylation is 2. The van der Waals surface area contributed by atoms with Crippen LogP contribution >= 0.6 is 0 Å². The molecule has 0 spiro atoms. The van der Waals surface area contributed by atoms with E-state index in [-0.39, 0.29) is 17.1 Å². The van der Waals surface area contributed by atoms with Gasteiger partial charge in [-0.25, -0.2) is 19.2 Å². The number of benzene rings is 2. The van der Waals surface area contributed by atoms with Gasteiger partial charge in [0.15, 0.2) is 5.82 Å². The SMILES string of the molecule is COC(=O)c1cc(-c2nc3ccccc3n2CCc2ccc(F)cc2)ncc1O. The van der Waals surface area contributed by atoms with Crippen molar-refractivity contribution in [2.24, 2.45) is 0 Å². The minimum absolute atomic E-state index is 0.0228. The first kappa shape index (κ1) is 18.6. The first-order valence-electron chi connectivity index (χ1n) is 9.04. The van der Waals surface area contributed by atoms with Gasteiger partial charge in [0.1, 0.15) is 22.8 Å². The quantitative estimate of drug-likeness (QED) is 0.521. The van der Waals surface area contributed by atoms with Crippen LogP contribution < -0.4 is 0 Å². The van der Waals surface area contributed by atoms with E-state index in [0.29, 0.717) is 24.5 Å². The number of rotatable bonds is 5. The molecule has 4 aromatic rings. The number of esters is 1. The number of ether oxygens (including phenoxy) is 1. The molecule has 0 atom stereocenters. The standard InChI is InChI=1S/C22H18FN3O3/c1-29-22(28)16-12-18(24-13-20(16)27)21-25-17-4-2-3-5-19(17)26(21)11-10-14-6-8-15(23)9-7-14/h2-9,12-13,27H,10-11H2,1H3. The molecule has 0 unspecified atom stereocenters. The highest BCUT2D eigenvalue weighted by Gasteiger charge is 2.18. The zero-order chi connectivity index (χ0) is 20.4. The average Bonchev–Trinajstić information content (AvgIpc) is 3.12. The van der Waals surface area contributed by atoms with E-state index in [2.05, 4.69) is 9.97 Å². The number of hydrogen-bond acceptors (Lipinski definition) is 5. The molecule has 0 bridgehead atoms. The van der Waals surface area contributed by atoms with Crippen LogP contribution in [-0.2, 0) is 17.7 Å².